The van der Waals surface area contributed by atoms with Crippen molar-refractivity contribution in [2.24, 2.45) is 0 Å². The Bertz CT molecular complexity index is 509. The third-order valence-corrected chi connectivity index (χ3v) is 2.27. The van der Waals surface area contributed by atoms with Gasteiger partial charge in [0.1, 0.15) is 6.33 Å². The smallest absolute Gasteiger partial charge is 0.340 e. The maximum atomic E-state index is 11.5. The van der Waals surface area contributed by atoms with Crippen LogP contribution in [0.15, 0.2) is 30.6 Å². The minimum Gasteiger partial charge on any atom is -0.432 e. The zero-order valence-corrected chi connectivity index (χ0v) is 7.57. The summed E-state index contributed by atoms with van der Waals surface area (Å²) in [6, 6.07) is 7.19. The molecule has 0 saturated heterocycles. The molecule has 1 aromatic heterocycles. The third-order valence-electron chi connectivity index (χ3n) is 2.27. The summed E-state index contributed by atoms with van der Waals surface area (Å²) in [5.74, 6) is -0.342. The molecule has 0 amide bonds. The maximum absolute atomic E-state index is 11.5. The van der Waals surface area contributed by atoms with Crippen molar-refractivity contribution >= 4 is 5.97 Å². The van der Waals surface area contributed by atoms with E-state index in [1.54, 1.807) is 12.1 Å². The predicted octanol–water partition coefficient (Wildman–Crippen LogP) is 0.390. The fraction of sp³-hybridized carbons (Fsp3) is 0.111. The third kappa shape index (κ3) is 1.11. The summed E-state index contributed by atoms with van der Waals surface area (Å²) >= 11 is 0. The first-order valence-electron chi connectivity index (χ1n) is 4.38. The highest BCUT2D eigenvalue weighted by Crippen LogP contribution is 2.30. The molecule has 74 valence electrons. The predicted molar refractivity (Wildman–Crippen MR) is 47.8 cm³/mol. The van der Waals surface area contributed by atoms with Crippen LogP contribution in [-0.4, -0.2) is 26.2 Å². The summed E-state index contributed by atoms with van der Waals surface area (Å²) < 4.78 is 6.56. The second kappa shape index (κ2) is 2.88. The number of cyclic esters (lactones) is 1. The van der Waals surface area contributed by atoms with Crippen molar-refractivity contribution in [1.82, 2.24) is 20.2 Å². The Morgan fingerprint density at radius 1 is 1.33 bits per heavy atom. The zero-order valence-electron chi connectivity index (χ0n) is 7.57. The van der Waals surface area contributed by atoms with Gasteiger partial charge in [0.2, 0.25) is 6.23 Å². The van der Waals surface area contributed by atoms with Crippen LogP contribution in [0.2, 0.25) is 0 Å². The standard InChI is InChI=1S/C9H6N4O2/c14-9-7-4-2-1-3-6(7)8(15-9)13-5-10-11-12-13/h1-5,8H. The van der Waals surface area contributed by atoms with E-state index in [0.29, 0.717) is 5.56 Å². The highest BCUT2D eigenvalue weighted by Gasteiger charge is 2.32. The Kier molecular flexibility index (Phi) is 1.55. The lowest BCUT2D eigenvalue weighted by molar-refractivity contribution is 0.0286. The van der Waals surface area contributed by atoms with E-state index in [-0.39, 0.29) is 5.97 Å². The average molecular weight is 202 g/mol. The van der Waals surface area contributed by atoms with Gasteiger partial charge in [-0.25, -0.2) is 4.79 Å². The van der Waals surface area contributed by atoms with Crippen molar-refractivity contribution in [2.45, 2.75) is 6.23 Å². The van der Waals surface area contributed by atoms with Crippen molar-refractivity contribution < 1.29 is 9.53 Å². The Hall–Kier alpha value is -2.24. The highest BCUT2D eigenvalue weighted by molar-refractivity contribution is 5.93. The number of aromatic nitrogens is 4. The number of fused-ring (bicyclic) bond motifs is 1. The SMILES string of the molecule is O=C1OC(n2cnnn2)c2ccccc21. The first-order valence-corrected chi connectivity index (χ1v) is 4.38. The van der Waals surface area contributed by atoms with Crippen LogP contribution in [0.3, 0.4) is 0 Å². The number of ether oxygens (including phenoxy) is 1. The van der Waals surface area contributed by atoms with Gasteiger partial charge in [-0.1, -0.05) is 18.2 Å². The second-order valence-electron chi connectivity index (χ2n) is 3.13. The number of rotatable bonds is 1. The van der Waals surface area contributed by atoms with Gasteiger partial charge in [0.25, 0.3) is 0 Å². The van der Waals surface area contributed by atoms with Crippen molar-refractivity contribution in [1.29, 1.82) is 0 Å². The summed E-state index contributed by atoms with van der Waals surface area (Å²) in [5.41, 5.74) is 1.35. The van der Waals surface area contributed by atoms with E-state index in [9.17, 15) is 4.79 Å². The van der Waals surface area contributed by atoms with Gasteiger partial charge in [-0.3, -0.25) is 0 Å². The van der Waals surface area contributed by atoms with Crippen molar-refractivity contribution in [2.75, 3.05) is 0 Å². The lowest BCUT2D eigenvalue weighted by Crippen LogP contribution is -2.11. The van der Waals surface area contributed by atoms with E-state index in [1.165, 1.54) is 11.0 Å². The molecule has 0 fully saturated rings. The van der Waals surface area contributed by atoms with Crippen LogP contribution < -0.4 is 0 Å². The molecule has 1 aliphatic rings. The van der Waals surface area contributed by atoms with Crippen LogP contribution >= 0.6 is 0 Å². The number of hydrogen-bond acceptors (Lipinski definition) is 5. The van der Waals surface area contributed by atoms with Gasteiger partial charge in [0, 0.05) is 5.56 Å². The van der Waals surface area contributed by atoms with Crippen LogP contribution in [0, 0.1) is 0 Å². The van der Waals surface area contributed by atoms with E-state index in [4.69, 9.17) is 4.74 Å². The highest BCUT2D eigenvalue weighted by atomic mass is 16.6. The van der Waals surface area contributed by atoms with Crippen molar-refractivity contribution in [3.05, 3.63) is 41.7 Å². The molecule has 15 heavy (non-hydrogen) atoms. The number of carbonyl (C=O) groups is 1. The van der Waals surface area contributed by atoms with Crippen LogP contribution in [0.25, 0.3) is 0 Å². The Labute approximate surface area is 84.5 Å². The number of nitrogens with zero attached hydrogens (tertiary/aromatic N) is 4. The van der Waals surface area contributed by atoms with E-state index in [0.717, 1.165) is 5.56 Å². The van der Waals surface area contributed by atoms with E-state index < -0.39 is 6.23 Å². The van der Waals surface area contributed by atoms with Gasteiger partial charge in [-0.2, -0.15) is 4.68 Å². The summed E-state index contributed by atoms with van der Waals surface area (Å²) in [6.07, 6.45) is 0.878. The Morgan fingerprint density at radius 3 is 3.00 bits per heavy atom. The van der Waals surface area contributed by atoms with Crippen LogP contribution in [-0.2, 0) is 4.74 Å². The van der Waals surface area contributed by atoms with Crippen LogP contribution in [0.5, 0.6) is 0 Å². The van der Waals surface area contributed by atoms with Gasteiger partial charge < -0.3 is 4.74 Å². The van der Waals surface area contributed by atoms with Crippen LogP contribution in [0.1, 0.15) is 22.1 Å². The number of carbonyl (C=O) groups excluding carboxylic acids is 1. The molecule has 0 spiro atoms. The minimum absolute atomic E-state index is 0.342. The summed E-state index contributed by atoms with van der Waals surface area (Å²) in [6.45, 7) is 0. The zero-order chi connectivity index (χ0) is 10.3. The fourth-order valence-corrected chi connectivity index (χ4v) is 1.60. The van der Waals surface area contributed by atoms with E-state index in [1.807, 2.05) is 12.1 Å². The second-order valence-corrected chi connectivity index (χ2v) is 3.13. The monoisotopic (exact) mass is 202 g/mol. The minimum atomic E-state index is -0.538. The van der Waals surface area contributed by atoms with Gasteiger partial charge in [0.05, 0.1) is 5.56 Å². The lowest BCUT2D eigenvalue weighted by atomic mass is 10.1. The molecule has 0 N–H and O–H groups in total. The van der Waals surface area contributed by atoms with Gasteiger partial charge in [0.15, 0.2) is 0 Å². The number of tetrazole rings is 1. The van der Waals surface area contributed by atoms with Crippen molar-refractivity contribution in [3.8, 4) is 0 Å². The summed E-state index contributed by atoms with van der Waals surface area (Å²) in [4.78, 5) is 11.5. The molecule has 0 radical (unpaired) electrons. The lowest BCUT2D eigenvalue weighted by Gasteiger charge is -2.08. The van der Waals surface area contributed by atoms with Crippen molar-refractivity contribution in [3.63, 3.8) is 0 Å². The molecule has 6 heteroatoms. The molecular formula is C9H6N4O2. The average Bonchev–Trinajstić information content (AvgIpc) is 2.87. The molecule has 0 aliphatic carbocycles. The largest absolute Gasteiger partial charge is 0.432 e. The molecule has 2 aromatic rings. The molecule has 3 rings (SSSR count). The maximum Gasteiger partial charge on any atom is 0.340 e. The quantitative estimate of drug-likeness (QED) is 0.625. The van der Waals surface area contributed by atoms with Gasteiger partial charge >= 0.3 is 5.97 Å². The summed E-state index contributed by atoms with van der Waals surface area (Å²) in [5, 5.41) is 10.7. The molecule has 0 bridgehead atoms. The number of hydrogen-bond donors (Lipinski definition) is 0. The first kappa shape index (κ1) is 8.10. The molecule has 1 unspecified atom stereocenters. The van der Waals surface area contributed by atoms with Gasteiger partial charge in [-0.15, -0.1) is 5.10 Å². The molecule has 1 aromatic carbocycles. The fourth-order valence-electron chi connectivity index (χ4n) is 1.60. The Morgan fingerprint density at radius 2 is 2.20 bits per heavy atom. The molecule has 2 heterocycles. The molecule has 1 aliphatic heterocycles. The van der Waals surface area contributed by atoms with E-state index >= 15 is 0 Å². The van der Waals surface area contributed by atoms with Gasteiger partial charge in [-0.05, 0) is 16.5 Å². The number of esters is 1. The molecule has 6 nitrogen and oxygen atoms in total. The summed E-state index contributed by atoms with van der Waals surface area (Å²) in [7, 11) is 0. The van der Waals surface area contributed by atoms with E-state index in [2.05, 4.69) is 15.5 Å². The number of benzene rings is 1. The van der Waals surface area contributed by atoms with Crippen LogP contribution in [0.4, 0.5) is 0 Å². The molecule has 1 atom stereocenters. The molecule has 0 saturated carbocycles. The normalized spacial score (nSPS) is 18.7. The first-order chi connectivity index (χ1) is 7.36. The molecular weight excluding hydrogens is 196 g/mol. The Balaban J connectivity index is 2.13. The topological polar surface area (TPSA) is 69.9 Å².